The average molecular weight is 272 g/mol. The first-order valence-corrected chi connectivity index (χ1v) is 8.43. The van der Waals surface area contributed by atoms with Crippen molar-refractivity contribution in [3.8, 4) is 0 Å². The maximum absolute atomic E-state index is 12.4. The van der Waals surface area contributed by atoms with Gasteiger partial charge in [-0.3, -0.25) is 10.1 Å². The van der Waals surface area contributed by atoms with Crippen molar-refractivity contribution in [2.75, 3.05) is 11.5 Å². The maximum atomic E-state index is 12.4. The monoisotopic (exact) mass is 272 g/mol. The van der Waals surface area contributed by atoms with Crippen LogP contribution in [-0.2, 0) is 4.79 Å². The highest BCUT2D eigenvalue weighted by Crippen LogP contribution is 2.20. The van der Waals surface area contributed by atoms with Crippen LogP contribution in [0, 0.1) is 0 Å². The van der Waals surface area contributed by atoms with E-state index in [-0.39, 0.29) is 12.2 Å². The molecule has 0 radical (unpaired) electrons. The van der Waals surface area contributed by atoms with Crippen LogP contribution < -0.4 is 5.32 Å². The molecule has 1 rings (SSSR count). The second kappa shape index (κ2) is 8.05. The molecule has 4 heteroatoms. The van der Waals surface area contributed by atoms with Crippen LogP contribution in [0.1, 0.15) is 53.4 Å². The molecule has 1 heterocycles. The molecule has 106 valence electrons. The molecule has 1 aliphatic heterocycles. The first-order valence-electron chi connectivity index (χ1n) is 7.27. The minimum absolute atomic E-state index is 0.0567. The molecule has 1 aliphatic rings. The summed E-state index contributed by atoms with van der Waals surface area (Å²) in [5, 5.41) is 3.43. The Morgan fingerprint density at radius 3 is 2.78 bits per heavy atom. The first-order chi connectivity index (χ1) is 8.61. The zero-order chi connectivity index (χ0) is 13.5. The van der Waals surface area contributed by atoms with Gasteiger partial charge in [0.1, 0.15) is 0 Å². The molecule has 3 nitrogen and oxygen atoms in total. The number of hydrogen-bond donors (Lipinski definition) is 1. The van der Waals surface area contributed by atoms with Crippen molar-refractivity contribution in [1.82, 2.24) is 10.2 Å². The zero-order valence-electron chi connectivity index (χ0n) is 12.2. The third kappa shape index (κ3) is 4.16. The fraction of sp³-hybridized carbons (Fsp3) is 0.929. The van der Waals surface area contributed by atoms with Crippen molar-refractivity contribution in [3.05, 3.63) is 0 Å². The Morgan fingerprint density at radius 2 is 2.17 bits per heavy atom. The van der Waals surface area contributed by atoms with Gasteiger partial charge in [-0.2, -0.15) is 11.8 Å². The zero-order valence-corrected chi connectivity index (χ0v) is 13.1. The predicted octanol–water partition coefficient (Wildman–Crippen LogP) is 2.85. The Morgan fingerprint density at radius 1 is 1.44 bits per heavy atom. The van der Waals surface area contributed by atoms with Crippen molar-refractivity contribution in [2.24, 2.45) is 0 Å². The lowest BCUT2D eigenvalue weighted by Crippen LogP contribution is -2.41. The highest BCUT2D eigenvalue weighted by atomic mass is 32.2. The van der Waals surface area contributed by atoms with Gasteiger partial charge < -0.3 is 4.90 Å². The minimum Gasteiger partial charge on any atom is -0.323 e. The van der Waals surface area contributed by atoms with Crippen molar-refractivity contribution in [3.63, 3.8) is 0 Å². The van der Waals surface area contributed by atoms with E-state index in [2.05, 4.69) is 37.9 Å². The standard InChI is InChI=1S/C14H28N2OS/c1-5-7-8-13-14(17)16(12(4)15-13)11(3)9-10-18-6-2/h11-13,15H,5-10H2,1-4H3. The highest BCUT2D eigenvalue weighted by molar-refractivity contribution is 7.99. The molecule has 0 aromatic rings. The molecule has 1 N–H and O–H groups in total. The summed E-state index contributed by atoms with van der Waals surface area (Å²) in [6.45, 7) is 8.63. The van der Waals surface area contributed by atoms with Crippen molar-refractivity contribution in [1.29, 1.82) is 0 Å². The van der Waals surface area contributed by atoms with Gasteiger partial charge in [0, 0.05) is 6.04 Å². The third-order valence-corrected chi connectivity index (χ3v) is 4.55. The average Bonchev–Trinajstić information content (AvgIpc) is 2.62. The Kier molecular flexibility index (Phi) is 7.08. The molecule has 1 fully saturated rings. The van der Waals surface area contributed by atoms with Gasteiger partial charge in [0.25, 0.3) is 0 Å². The van der Waals surface area contributed by atoms with Crippen LogP contribution in [-0.4, -0.2) is 40.6 Å². The Labute approximate surface area is 116 Å². The lowest BCUT2D eigenvalue weighted by Gasteiger charge is -2.28. The van der Waals surface area contributed by atoms with E-state index in [1.165, 1.54) is 0 Å². The summed E-state index contributed by atoms with van der Waals surface area (Å²) >= 11 is 1.95. The molecular formula is C14H28N2OS. The van der Waals surface area contributed by atoms with Gasteiger partial charge in [0.15, 0.2) is 0 Å². The van der Waals surface area contributed by atoms with Gasteiger partial charge in [0.2, 0.25) is 5.91 Å². The molecule has 1 saturated heterocycles. The maximum Gasteiger partial charge on any atom is 0.241 e. The summed E-state index contributed by atoms with van der Waals surface area (Å²) in [6.07, 6.45) is 4.55. The van der Waals surface area contributed by atoms with E-state index in [9.17, 15) is 4.79 Å². The van der Waals surface area contributed by atoms with Crippen LogP contribution in [0.3, 0.4) is 0 Å². The molecule has 0 aliphatic carbocycles. The van der Waals surface area contributed by atoms with Crippen LogP contribution in [0.25, 0.3) is 0 Å². The van der Waals surface area contributed by atoms with Crippen LogP contribution in [0.4, 0.5) is 0 Å². The molecule has 3 atom stereocenters. The Balaban J connectivity index is 2.46. The lowest BCUT2D eigenvalue weighted by atomic mass is 10.1. The lowest BCUT2D eigenvalue weighted by molar-refractivity contribution is -0.131. The smallest absolute Gasteiger partial charge is 0.241 e. The molecule has 0 saturated carbocycles. The number of nitrogens with one attached hydrogen (secondary N) is 1. The first kappa shape index (κ1) is 15.8. The van der Waals surface area contributed by atoms with Crippen molar-refractivity contribution in [2.45, 2.75) is 71.6 Å². The van der Waals surface area contributed by atoms with E-state index in [0.29, 0.717) is 11.9 Å². The Hall–Kier alpha value is -0.220. The van der Waals surface area contributed by atoms with Crippen LogP contribution in [0.15, 0.2) is 0 Å². The van der Waals surface area contributed by atoms with Crippen molar-refractivity contribution < 1.29 is 4.79 Å². The molecule has 0 aromatic heterocycles. The third-order valence-electron chi connectivity index (χ3n) is 3.62. The number of hydrogen-bond acceptors (Lipinski definition) is 3. The predicted molar refractivity (Wildman–Crippen MR) is 79.8 cm³/mol. The second-order valence-corrected chi connectivity index (χ2v) is 6.51. The Bertz CT molecular complexity index is 260. The van der Waals surface area contributed by atoms with E-state index >= 15 is 0 Å². The summed E-state index contributed by atoms with van der Waals surface area (Å²) in [5.74, 6) is 2.62. The second-order valence-electron chi connectivity index (χ2n) is 5.12. The molecule has 0 bridgehead atoms. The summed E-state index contributed by atoms with van der Waals surface area (Å²) in [7, 11) is 0. The van der Waals surface area contributed by atoms with Gasteiger partial charge in [0.05, 0.1) is 12.2 Å². The highest BCUT2D eigenvalue weighted by Gasteiger charge is 2.37. The molecule has 0 spiro atoms. The van der Waals surface area contributed by atoms with E-state index in [4.69, 9.17) is 0 Å². The number of nitrogens with zero attached hydrogens (tertiary/aromatic N) is 1. The summed E-state index contributed by atoms with van der Waals surface area (Å²) < 4.78 is 0. The largest absolute Gasteiger partial charge is 0.323 e. The van der Waals surface area contributed by atoms with Crippen LogP contribution in [0.5, 0.6) is 0 Å². The number of carbonyl (C=O) groups excluding carboxylic acids is 1. The van der Waals surface area contributed by atoms with E-state index in [1.54, 1.807) is 0 Å². The molecule has 1 amide bonds. The van der Waals surface area contributed by atoms with Crippen molar-refractivity contribution >= 4 is 17.7 Å². The molecule has 0 aromatic carbocycles. The topological polar surface area (TPSA) is 32.3 Å². The molecular weight excluding hydrogens is 244 g/mol. The number of rotatable bonds is 8. The number of amides is 1. The van der Waals surface area contributed by atoms with Gasteiger partial charge in [-0.05, 0) is 38.2 Å². The number of carbonyl (C=O) groups is 1. The SMILES string of the molecule is CCCCC1NC(C)N(C(C)CCSCC)C1=O. The normalized spacial score (nSPS) is 25.8. The van der Waals surface area contributed by atoms with Gasteiger partial charge >= 0.3 is 0 Å². The van der Waals surface area contributed by atoms with Gasteiger partial charge in [-0.1, -0.05) is 26.7 Å². The molecule has 3 unspecified atom stereocenters. The summed E-state index contributed by atoms with van der Waals surface area (Å²) in [6, 6.07) is 0.409. The van der Waals surface area contributed by atoms with E-state index < -0.39 is 0 Å². The molecule has 18 heavy (non-hydrogen) atoms. The number of thioether (sulfide) groups is 1. The van der Waals surface area contributed by atoms with Crippen LogP contribution >= 0.6 is 11.8 Å². The quantitative estimate of drug-likeness (QED) is 0.690. The fourth-order valence-corrected chi connectivity index (χ4v) is 3.36. The van der Waals surface area contributed by atoms with E-state index in [0.717, 1.165) is 37.2 Å². The van der Waals surface area contributed by atoms with Gasteiger partial charge in [-0.25, -0.2) is 0 Å². The summed E-state index contributed by atoms with van der Waals surface area (Å²) in [5.41, 5.74) is 0. The van der Waals surface area contributed by atoms with Crippen LogP contribution in [0.2, 0.25) is 0 Å². The fourth-order valence-electron chi connectivity index (χ4n) is 2.56. The summed E-state index contributed by atoms with van der Waals surface area (Å²) in [4.78, 5) is 14.4. The minimum atomic E-state index is 0.0567. The number of unbranched alkanes of at least 4 members (excludes halogenated alkanes) is 1. The van der Waals surface area contributed by atoms with Gasteiger partial charge in [-0.15, -0.1) is 0 Å². The van der Waals surface area contributed by atoms with E-state index in [1.807, 2.05) is 11.8 Å².